The maximum atomic E-state index is 5.10. The molecule has 0 aliphatic rings. The van der Waals surface area contributed by atoms with Crippen LogP contribution in [0, 0.1) is 0 Å². The molecule has 0 amide bonds. The van der Waals surface area contributed by atoms with Gasteiger partial charge in [0.25, 0.3) is 0 Å². The number of hydrogen-bond donors (Lipinski definition) is 0. The molecule has 2 aromatic heterocycles. The fourth-order valence-electron chi connectivity index (χ4n) is 6.52. The van der Waals surface area contributed by atoms with E-state index in [0.717, 1.165) is 60.8 Å². The van der Waals surface area contributed by atoms with Gasteiger partial charge in [0.1, 0.15) is 0 Å². The van der Waals surface area contributed by atoms with Gasteiger partial charge >= 0.3 is 0 Å². The first kappa shape index (κ1) is 27.8. The van der Waals surface area contributed by atoms with Crippen LogP contribution in [-0.2, 0) is 0 Å². The van der Waals surface area contributed by atoms with Crippen molar-refractivity contribution in [3.63, 3.8) is 0 Å². The molecule has 0 aliphatic heterocycles. The third-order valence-corrected chi connectivity index (χ3v) is 8.92. The van der Waals surface area contributed by atoms with E-state index in [1.54, 1.807) is 0 Å². The van der Waals surface area contributed by atoms with Crippen molar-refractivity contribution in [2.75, 3.05) is 0 Å². The summed E-state index contributed by atoms with van der Waals surface area (Å²) in [4.78, 5) is 20.0. The second kappa shape index (κ2) is 11.7. The predicted molar refractivity (Wildman–Crippen MR) is 197 cm³/mol. The van der Waals surface area contributed by atoms with Crippen LogP contribution in [0.15, 0.2) is 170 Å². The van der Waals surface area contributed by atoms with Crippen molar-refractivity contribution in [3.8, 4) is 56.5 Å². The Hall–Kier alpha value is -6.52. The molecule has 0 N–H and O–H groups in total. The number of benzene rings is 7. The molecule has 0 bridgehead atoms. The van der Waals surface area contributed by atoms with Gasteiger partial charge in [-0.15, -0.1) is 0 Å². The quantitative estimate of drug-likeness (QED) is 0.181. The van der Waals surface area contributed by atoms with E-state index in [1.807, 2.05) is 66.7 Å². The van der Waals surface area contributed by atoms with Gasteiger partial charge in [0, 0.05) is 33.0 Å². The third kappa shape index (κ3) is 4.97. The molecule has 0 aliphatic carbocycles. The molecule has 4 heteroatoms. The number of aromatic nitrogens is 4. The van der Waals surface area contributed by atoms with E-state index >= 15 is 0 Å². The SMILES string of the molecule is c1ccc(-c2nc(-c3ccccc3)nc(-c3cccc4ccc(-c5ccc(-c6nc7ccccc7c7ccccc67)cc5)cc34)n2)cc1. The smallest absolute Gasteiger partial charge is 0.164 e. The van der Waals surface area contributed by atoms with Gasteiger partial charge in [-0.25, -0.2) is 19.9 Å². The first-order chi connectivity index (χ1) is 23.8. The molecular weight excluding hydrogens is 585 g/mol. The first-order valence-corrected chi connectivity index (χ1v) is 16.1. The number of hydrogen-bond acceptors (Lipinski definition) is 4. The summed E-state index contributed by atoms with van der Waals surface area (Å²) in [5.41, 5.74) is 8.21. The second-order valence-corrected chi connectivity index (χ2v) is 11.9. The van der Waals surface area contributed by atoms with E-state index < -0.39 is 0 Å². The second-order valence-electron chi connectivity index (χ2n) is 11.9. The van der Waals surface area contributed by atoms with Crippen molar-refractivity contribution in [2.24, 2.45) is 0 Å². The summed E-state index contributed by atoms with van der Waals surface area (Å²) in [6.45, 7) is 0. The van der Waals surface area contributed by atoms with E-state index in [2.05, 4.69) is 103 Å². The minimum absolute atomic E-state index is 0.648. The molecule has 0 saturated heterocycles. The van der Waals surface area contributed by atoms with Crippen LogP contribution in [0.2, 0.25) is 0 Å². The van der Waals surface area contributed by atoms with Crippen LogP contribution in [0.5, 0.6) is 0 Å². The monoisotopic (exact) mass is 612 g/mol. The summed E-state index contributed by atoms with van der Waals surface area (Å²) < 4.78 is 0. The molecule has 0 radical (unpaired) electrons. The lowest BCUT2D eigenvalue weighted by Crippen LogP contribution is -2.00. The minimum Gasteiger partial charge on any atom is -0.247 e. The molecule has 9 aromatic rings. The van der Waals surface area contributed by atoms with Crippen molar-refractivity contribution in [3.05, 3.63) is 170 Å². The Morgan fingerprint density at radius 2 is 0.854 bits per heavy atom. The normalized spacial score (nSPS) is 11.3. The van der Waals surface area contributed by atoms with E-state index in [-0.39, 0.29) is 0 Å². The lowest BCUT2D eigenvalue weighted by Gasteiger charge is -2.12. The van der Waals surface area contributed by atoms with Crippen molar-refractivity contribution in [1.82, 2.24) is 19.9 Å². The molecule has 48 heavy (non-hydrogen) atoms. The molecule has 224 valence electrons. The van der Waals surface area contributed by atoms with Gasteiger partial charge in [0.2, 0.25) is 0 Å². The zero-order valence-electron chi connectivity index (χ0n) is 26.0. The number of nitrogens with zero attached hydrogens (tertiary/aromatic N) is 4. The summed E-state index contributed by atoms with van der Waals surface area (Å²) in [5, 5.41) is 5.76. The molecule has 0 unspecified atom stereocenters. The van der Waals surface area contributed by atoms with Crippen molar-refractivity contribution >= 4 is 32.4 Å². The highest BCUT2D eigenvalue weighted by atomic mass is 15.0. The van der Waals surface area contributed by atoms with Crippen LogP contribution < -0.4 is 0 Å². The Labute approximate surface area is 278 Å². The van der Waals surface area contributed by atoms with Gasteiger partial charge < -0.3 is 0 Å². The lowest BCUT2D eigenvalue weighted by atomic mass is 9.96. The fourth-order valence-corrected chi connectivity index (χ4v) is 6.52. The summed E-state index contributed by atoms with van der Waals surface area (Å²) in [5.74, 6) is 1.95. The first-order valence-electron chi connectivity index (χ1n) is 16.1. The summed E-state index contributed by atoms with van der Waals surface area (Å²) >= 11 is 0. The molecule has 0 spiro atoms. The number of rotatable bonds is 5. The van der Waals surface area contributed by atoms with Gasteiger partial charge in [-0.1, -0.05) is 158 Å². The van der Waals surface area contributed by atoms with E-state index in [1.165, 1.54) is 10.8 Å². The minimum atomic E-state index is 0.648. The number of pyridine rings is 1. The molecule has 0 saturated carbocycles. The average molecular weight is 613 g/mol. The van der Waals surface area contributed by atoms with Crippen LogP contribution in [0.1, 0.15) is 0 Å². The number of para-hydroxylation sites is 1. The zero-order chi connectivity index (χ0) is 31.9. The topological polar surface area (TPSA) is 51.6 Å². The van der Waals surface area contributed by atoms with E-state index in [0.29, 0.717) is 17.5 Å². The van der Waals surface area contributed by atoms with E-state index in [9.17, 15) is 0 Å². The molecule has 7 aromatic carbocycles. The predicted octanol–water partition coefficient (Wildman–Crippen LogP) is 11.1. The Morgan fingerprint density at radius 1 is 0.292 bits per heavy atom. The van der Waals surface area contributed by atoms with Gasteiger partial charge in [-0.05, 0) is 39.4 Å². The summed E-state index contributed by atoms with van der Waals surface area (Å²) in [6.07, 6.45) is 0. The van der Waals surface area contributed by atoms with Gasteiger partial charge in [0.15, 0.2) is 17.5 Å². The Kier molecular flexibility index (Phi) is 6.76. The molecule has 2 heterocycles. The van der Waals surface area contributed by atoms with Crippen molar-refractivity contribution < 1.29 is 0 Å². The van der Waals surface area contributed by atoms with Gasteiger partial charge in [-0.3, -0.25) is 0 Å². The fraction of sp³-hybridized carbons (Fsp3) is 0. The molecule has 4 nitrogen and oxygen atoms in total. The van der Waals surface area contributed by atoms with Gasteiger partial charge in [0.05, 0.1) is 11.2 Å². The van der Waals surface area contributed by atoms with Crippen LogP contribution in [0.3, 0.4) is 0 Å². The zero-order valence-corrected chi connectivity index (χ0v) is 26.0. The van der Waals surface area contributed by atoms with Gasteiger partial charge in [-0.2, -0.15) is 0 Å². The largest absolute Gasteiger partial charge is 0.247 e. The Balaban J connectivity index is 1.15. The lowest BCUT2D eigenvalue weighted by molar-refractivity contribution is 1.08. The maximum absolute atomic E-state index is 5.10. The summed E-state index contributed by atoms with van der Waals surface area (Å²) in [7, 11) is 0. The molecular formula is C44H28N4. The molecule has 0 atom stereocenters. The number of fused-ring (bicyclic) bond motifs is 4. The van der Waals surface area contributed by atoms with Crippen LogP contribution in [0.25, 0.3) is 89.0 Å². The third-order valence-electron chi connectivity index (χ3n) is 8.92. The van der Waals surface area contributed by atoms with Crippen molar-refractivity contribution in [2.45, 2.75) is 0 Å². The van der Waals surface area contributed by atoms with Crippen LogP contribution in [-0.4, -0.2) is 19.9 Å². The Bertz CT molecular complexity index is 2540. The van der Waals surface area contributed by atoms with E-state index in [4.69, 9.17) is 19.9 Å². The highest BCUT2D eigenvalue weighted by Crippen LogP contribution is 2.35. The highest BCUT2D eigenvalue weighted by molar-refractivity contribution is 6.10. The molecule has 9 rings (SSSR count). The highest BCUT2D eigenvalue weighted by Gasteiger charge is 2.15. The average Bonchev–Trinajstić information content (AvgIpc) is 3.18. The maximum Gasteiger partial charge on any atom is 0.164 e. The standard InChI is InChI=1S/C44H28N4/c1-3-12-32(13-4-1)42-46-43(33-14-5-2-6-15-33)48-44(47-42)38-20-11-16-30-24-27-34(28-39(30)38)29-22-25-31(26-23-29)41-37-19-8-7-17-35(37)36-18-9-10-21-40(36)45-41/h1-28H. The van der Waals surface area contributed by atoms with Crippen LogP contribution in [0.4, 0.5) is 0 Å². The summed E-state index contributed by atoms with van der Waals surface area (Å²) in [6, 6.07) is 58.7. The molecule has 0 fully saturated rings. The van der Waals surface area contributed by atoms with Crippen LogP contribution >= 0.6 is 0 Å². The Morgan fingerprint density at radius 3 is 1.56 bits per heavy atom. The van der Waals surface area contributed by atoms with Crippen molar-refractivity contribution in [1.29, 1.82) is 0 Å².